The zero-order chi connectivity index (χ0) is 22.5. The fraction of sp³-hybridized carbons (Fsp3) is 1.00. The number of aliphatic hydroxyl groups is 3. The van der Waals surface area contributed by atoms with Gasteiger partial charge in [0, 0.05) is 19.8 Å². The SMILES string of the molecule is CCCCCCCCCCCCCCOS(=O)(=O)O.CCO.CCO.CCO. The van der Waals surface area contributed by atoms with Gasteiger partial charge >= 0.3 is 10.4 Å². The van der Waals surface area contributed by atoms with Crippen LogP contribution in [0.15, 0.2) is 0 Å². The van der Waals surface area contributed by atoms with Gasteiger partial charge in [-0.15, -0.1) is 0 Å². The minimum Gasteiger partial charge on any atom is -0.397 e. The topological polar surface area (TPSA) is 124 Å². The van der Waals surface area contributed by atoms with Crippen molar-refractivity contribution in [2.24, 2.45) is 0 Å². The monoisotopic (exact) mass is 432 g/mol. The van der Waals surface area contributed by atoms with Crippen LogP contribution in [0, 0.1) is 0 Å². The maximum Gasteiger partial charge on any atom is 0.397 e. The third-order valence-corrected chi connectivity index (χ3v) is 3.69. The molecule has 0 aliphatic rings. The van der Waals surface area contributed by atoms with E-state index < -0.39 is 10.4 Å². The number of hydrogen-bond acceptors (Lipinski definition) is 6. The van der Waals surface area contributed by atoms with E-state index in [1.54, 1.807) is 20.8 Å². The molecule has 7 nitrogen and oxygen atoms in total. The molecule has 0 amide bonds. The number of hydrogen-bond donors (Lipinski definition) is 4. The summed E-state index contributed by atoms with van der Waals surface area (Å²) < 4.78 is 33.1. The standard InChI is InChI=1S/C14H30O4S.3C2H6O/c1-2-3-4-5-6-7-8-9-10-11-12-13-14-18-19(15,16)17;3*1-2-3/h2-14H2,1H3,(H,15,16,17);3*3H,2H2,1H3. The van der Waals surface area contributed by atoms with E-state index in [0.29, 0.717) is 6.42 Å². The third kappa shape index (κ3) is 63.6. The van der Waals surface area contributed by atoms with Crippen LogP contribution in [-0.2, 0) is 14.6 Å². The maximum atomic E-state index is 10.3. The molecule has 0 saturated carbocycles. The molecule has 28 heavy (non-hydrogen) atoms. The van der Waals surface area contributed by atoms with Crippen molar-refractivity contribution in [2.45, 2.75) is 105 Å². The molecule has 0 heterocycles. The summed E-state index contributed by atoms with van der Waals surface area (Å²) in [4.78, 5) is 0. The number of unbranched alkanes of at least 4 members (excludes halogenated alkanes) is 11. The van der Waals surface area contributed by atoms with Crippen LogP contribution in [0.2, 0.25) is 0 Å². The van der Waals surface area contributed by atoms with Crippen LogP contribution in [0.5, 0.6) is 0 Å². The van der Waals surface area contributed by atoms with E-state index in [1.807, 2.05) is 0 Å². The quantitative estimate of drug-likeness (QED) is 0.235. The molecule has 0 aliphatic carbocycles. The van der Waals surface area contributed by atoms with Gasteiger partial charge in [0.15, 0.2) is 0 Å². The summed E-state index contributed by atoms with van der Waals surface area (Å²) in [5.41, 5.74) is 0. The largest absolute Gasteiger partial charge is 0.397 e. The Hall–Kier alpha value is -0.250. The van der Waals surface area contributed by atoms with Crippen molar-refractivity contribution in [2.75, 3.05) is 26.4 Å². The van der Waals surface area contributed by atoms with Gasteiger partial charge in [-0.1, -0.05) is 77.6 Å². The van der Waals surface area contributed by atoms with E-state index >= 15 is 0 Å². The lowest BCUT2D eigenvalue weighted by atomic mass is 10.1. The summed E-state index contributed by atoms with van der Waals surface area (Å²) in [6, 6.07) is 0. The second kappa shape index (κ2) is 34.3. The third-order valence-electron chi connectivity index (χ3n) is 3.23. The number of aliphatic hydroxyl groups excluding tert-OH is 3. The van der Waals surface area contributed by atoms with Crippen molar-refractivity contribution in [1.29, 1.82) is 0 Å². The molecule has 0 radical (unpaired) electrons. The Morgan fingerprint density at radius 3 is 1.07 bits per heavy atom. The van der Waals surface area contributed by atoms with Crippen LogP contribution < -0.4 is 0 Å². The van der Waals surface area contributed by atoms with Crippen LogP contribution in [0.25, 0.3) is 0 Å². The van der Waals surface area contributed by atoms with Gasteiger partial charge < -0.3 is 15.3 Å². The molecule has 0 spiro atoms. The van der Waals surface area contributed by atoms with E-state index in [9.17, 15) is 8.42 Å². The summed E-state index contributed by atoms with van der Waals surface area (Å²) in [5.74, 6) is 0. The molecule has 0 unspecified atom stereocenters. The van der Waals surface area contributed by atoms with E-state index in [-0.39, 0.29) is 26.4 Å². The minimum atomic E-state index is -4.24. The van der Waals surface area contributed by atoms with E-state index in [2.05, 4.69) is 11.1 Å². The summed E-state index contributed by atoms with van der Waals surface area (Å²) in [6.45, 7) is 8.12. The van der Waals surface area contributed by atoms with Gasteiger partial charge in [-0.05, 0) is 27.2 Å². The molecule has 0 aliphatic heterocycles. The summed E-state index contributed by atoms with van der Waals surface area (Å²) in [7, 11) is -4.24. The van der Waals surface area contributed by atoms with Crippen molar-refractivity contribution in [3.63, 3.8) is 0 Å². The molecule has 0 rings (SSSR count). The number of rotatable bonds is 14. The van der Waals surface area contributed by atoms with E-state index in [1.165, 1.54) is 57.8 Å². The molecule has 4 N–H and O–H groups in total. The Kier molecular flexibility index (Phi) is 43.1. The van der Waals surface area contributed by atoms with Crippen molar-refractivity contribution >= 4 is 10.4 Å². The van der Waals surface area contributed by atoms with Gasteiger partial charge in [0.05, 0.1) is 6.61 Å². The van der Waals surface area contributed by atoms with Crippen LogP contribution in [0.3, 0.4) is 0 Å². The molecule has 8 heteroatoms. The highest BCUT2D eigenvalue weighted by atomic mass is 32.3. The average molecular weight is 433 g/mol. The summed E-state index contributed by atoms with van der Waals surface area (Å²) in [5, 5.41) is 22.7. The van der Waals surface area contributed by atoms with Gasteiger partial charge in [0.25, 0.3) is 0 Å². The second-order valence-corrected chi connectivity index (χ2v) is 7.18. The first-order chi connectivity index (χ1) is 13.3. The zero-order valence-electron chi connectivity index (χ0n) is 18.7. The lowest BCUT2D eigenvalue weighted by Gasteiger charge is -2.02. The predicted molar refractivity (Wildman–Crippen MR) is 117 cm³/mol. The Labute approximate surface area is 174 Å². The molecule has 176 valence electrons. The first-order valence-electron chi connectivity index (χ1n) is 10.7. The van der Waals surface area contributed by atoms with Gasteiger partial charge in [0.2, 0.25) is 0 Å². The Morgan fingerprint density at radius 1 is 0.571 bits per heavy atom. The highest BCUT2D eigenvalue weighted by Crippen LogP contribution is 2.11. The maximum absolute atomic E-state index is 10.3. The molecule has 0 aromatic heterocycles. The fourth-order valence-corrected chi connectivity index (χ4v) is 2.44. The van der Waals surface area contributed by atoms with Crippen molar-refractivity contribution < 1.29 is 32.5 Å². The van der Waals surface area contributed by atoms with E-state index in [4.69, 9.17) is 19.9 Å². The van der Waals surface area contributed by atoms with Crippen LogP contribution in [0.4, 0.5) is 0 Å². The van der Waals surface area contributed by atoms with Gasteiger partial charge in [0.1, 0.15) is 0 Å². The van der Waals surface area contributed by atoms with Crippen molar-refractivity contribution in [3.05, 3.63) is 0 Å². The zero-order valence-corrected chi connectivity index (χ0v) is 19.6. The normalized spacial score (nSPS) is 10.0. The van der Waals surface area contributed by atoms with Gasteiger partial charge in [-0.3, -0.25) is 4.55 Å². The van der Waals surface area contributed by atoms with E-state index in [0.717, 1.165) is 12.8 Å². The molecule has 0 saturated heterocycles. The van der Waals surface area contributed by atoms with Gasteiger partial charge in [-0.25, -0.2) is 4.18 Å². The Balaban J connectivity index is -0.000000269. The molecule has 0 aromatic carbocycles. The fourth-order valence-electron chi connectivity index (χ4n) is 2.11. The van der Waals surface area contributed by atoms with Crippen molar-refractivity contribution in [3.8, 4) is 0 Å². The molecule has 0 bridgehead atoms. The lowest BCUT2D eigenvalue weighted by molar-refractivity contribution is 0.261. The van der Waals surface area contributed by atoms with Gasteiger partial charge in [-0.2, -0.15) is 8.42 Å². The highest BCUT2D eigenvalue weighted by molar-refractivity contribution is 7.80. The average Bonchev–Trinajstić information content (AvgIpc) is 2.60. The predicted octanol–water partition coefficient (Wildman–Crippen LogP) is 4.50. The van der Waals surface area contributed by atoms with Crippen LogP contribution >= 0.6 is 0 Å². The smallest absolute Gasteiger partial charge is 0.397 e. The molecule has 0 aromatic rings. The molecular weight excluding hydrogens is 384 g/mol. The molecule has 0 atom stereocenters. The summed E-state index contributed by atoms with van der Waals surface area (Å²) >= 11 is 0. The lowest BCUT2D eigenvalue weighted by Crippen LogP contribution is -2.04. The second-order valence-electron chi connectivity index (χ2n) is 6.09. The van der Waals surface area contributed by atoms with Crippen molar-refractivity contribution in [1.82, 2.24) is 0 Å². The molecule has 0 fully saturated rings. The Bertz CT molecular complexity index is 318. The van der Waals surface area contributed by atoms with Crippen LogP contribution in [-0.4, -0.2) is 54.7 Å². The molecular formula is C20H48O7S. The highest BCUT2D eigenvalue weighted by Gasteiger charge is 2.02. The first-order valence-corrected chi connectivity index (χ1v) is 12.1. The minimum absolute atomic E-state index is 0.0935. The Morgan fingerprint density at radius 2 is 0.821 bits per heavy atom. The first kappa shape index (κ1) is 35.2. The van der Waals surface area contributed by atoms with Crippen LogP contribution in [0.1, 0.15) is 105 Å². The summed E-state index contributed by atoms with van der Waals surface area (Å²) in [6.07, 6.45) is 14.7.